The number of hydrogen-bond donors (Lipinski definition) is 1. The maximum Gasteiger partial charge on any atom is 0.271 e. The van der Waals surface area contributed by atoms with E-state index in [1.54, 1.807) is 11.2 Å². The highest BCUT2D eigenvalue weighted by Crippen LogP contribution is 2.35. The molecule has 0 radical (unpaired) electrons. The van der Waals surface area contributed by atoms with Gasteiger partial charge in [0.05, 0.1) is 18.5 Å². The summed E-state index contributed by atoms with van der Waals surface area (Å²) in [6.45, 7) is 6.92. The van der Waals surface area contributed by atoms with Crippen LogP contribution in [0.1, 0.15) is 61.1 Å². The highest BCUT2D eigenvalue weighted by atomic mass is 16.3. The Morgan fingerprint density at radius 3 is 2.59 bits per heavy atom. The number of fused-ring (bicyclic) bond motifs is 1. The van der Waals surface area contributed by atoms with Gasteiger partial charge in [-0.25, -0.2) is 0 Å². The van der Waals surface area contributed by atoms with E-state index in [9.17, 15) is 9.59 Å². The lowest BCUT2D eigenvalue weighted by molar-refractivity contribution is -0.134. The van der Waals surface area contributed by atoms with Crippen LogP contribution < -0.4 is 5.32 Å². The summed E-state index contributed by atoms with van der Waals surface area (Å²) in [5.41, 5.74) is 2.51. The molecule has 0 bridgehead atoms. The van der Waals surface area contributed by atoms with Gasteiger partial charge < -0.3 is 19.2 Å². The van der Waals surface area contributed by atoms with Crippen molar-refractivity contribution in [2.24, 2.45) is 5.92 Å². The number of hydrogen-bond acceptors (Lipinski definition) is 3. The topological polar surface area (TPSA) is 67.5 Å². The van der Waals surface area contributed by atoms with Crippen molar-refractivity contribution in [3.8, 4) is 11.5 Å². The van der Waals surface area contributed by atoms with E-state index in [2.05, 4.69) is 12.2 Å². The fourth-order valence-electron chi connectivity index (χ4n) is 5.47. The van der Waals surface area contributed by atoms with Gasteiger partial charge in [0.15, 0.2) is 0 Å². The van der Waals surface area contributed by atoms with Crippen LogP contribution in [0.5, 0.6) is 0 Å². The van der Waals surface area contributed by atoms with Crippen LogP contribution in [0.15, 0.2) is 59.2 Å². The van der Waals surface area contributed by atoms with Gasteiger partial charge in [0.25, 0.3) is 5.91 Å². The molecule has 0 saturated heterocycles. The molecule has 1 fully saturated rings. The first-order valence-corrected chi connectivity index (χ1v) is 12.3. The molecule has 1 saturated carbocycles. The molecular weight excluding hydrogens is 426 g/mol. The number of nitrogens with one attached hydrogen (secondary N) is 1. The van der Waals surface area contributed by atoms with E-state index in [0.29, 0.717) is 30.5 Å². The molecule has 2 amide bonds. The van der Waals surface area contributed by atoms with Crippen molar-refractivity contribution in [2.75, 3.05) is 0 Å². The van der Waals surface area contributed by atoms with Gasteiger partial charge in [0.1, 0.15) is 17.0 Å². The summed E-state index contributed by atoms with van der Waals surface area (Å²) in [6, 6.07) is 15.7. The molecule has 2 aliphatic rings. The summed E-state index contributed by atoms with van der Waals surface area (Å²) in [5, 5.41) is 3.34. The quantitative estimate of drug-likeness (QED) is 0.573. The lowest BCUT2D eigenvalue weighted by Crippen LogP contribution is -2.65. The molecule has 3 aromatic rings. The zero-order chi connectivity index (χ0) is 23.9. The summed E-state index contributed by atoms with van der Waals surface area (Å²) >= 11 is 0. The zero-order valence-corrected chi connectivity index (χ0v) is 20.2. The smallest absolute Gasteiger partial charge is 0.271 e. The van der Waals surface area contributed by atoms with Crippen molar-refractivity contribution >= 4 is 11.8 Å². The average Bonchev–Trinajstić information content (AvgIpc) is 3.49. The Hall–Kier alpha value is -3.28. The molecule has 3 heterocycles. The minimum absolute atomic E-state index is 0.0853. The molecule has 6 nitrogen and oxygen atoms in total. The fourth-order valence-corrected chi connectivity index (χ4v) is 5.47. The van der Waals surface area contributed by atoms with Gasteiger partial charge in [-0.05, 0) is 68.0 Å². The Bertz CT molecular complexity index is 1200. The van der Waals surface area contributed by atoms with Crippen LogP contribution >= 0.6 is 0 Å². The molecule has 178 valence electrons. The maximum absolute atomic E-state index is 14.0. The van der Waals surface area contributed by atoms with Gasteiger partial charge >= 0.3 is 0 Å². The number of aryl methyl sites for hydroxylation is 1. The SMILES string of the molecule is Cc1ccccc1CN1C(=O)c2ccc(-c3ccco3)n2C[C@]1(C)C(=O)N[C@@H]1CCCC[C@@H]1C. The lowest BCUT2D eigenvalue weighted by atomic mass is 9.84. The standard InChI is InChI=1S/C28H33N3O3/c1-19-9-4-6-11-21(19)17-31-26(32)24-15-14-23(25-13-8-16-34-25)30(24)18-28(31,3)27(33)29-22-12-7-5-10-20(22)2/h4,6,8-9,11,13-16,20,22H,5,7,10,12,17-18H2,1-3H3,(H,29,33)/t20-,22+,28+/m0/s1. The third kappa shape index (κ3) is 3.85. The van der Waals surface area contributed by atoms with Gasteiger partial charge in [-0.15, -0.1) is 0 Å². The predicted octanol–water partition coefficient (Wildman–Crippen LogP) is 5.17. The first-order chi connectivity index (χ1) is 16.4. The van der Waals surface area contributed by atoms with Crippen LogP contribution in [0.2, 0.25) is 0 Å². The minimum Gasteiger partial charge on any atom is -0.463 e. The number of furan rings is 1. The summed E-state index contributed by atoms with van der Waals surface area (Å²) in [4.78, 5) is 29.6. The van der Waals surface area contributed by atoms with E-state index >= 15 is 0 Å². The van der Waals surface area contributed by atoms with Gasteiger partial charge in [-0.3, -0.25) is 9.59 Å². The molecule has 34 heavy (non-hydrogen) atoms. The Kier molecular flexibility index (Phi) is 5.84. The van der Waals surface area contributed by atoms with Crippen molar-refractivity contribution in [3.05, 3.63) is 71.6 Å². The Labute approximate surface area is 200 Å². The molecule has 5 rings (SSSR count). The first kappa shape index (κ1) is 22.5. The van der Waals surface area contributed by atoms with Crippen LogP contribution in [0, 0.1) is 12.8 Å². The van der Waals surface area contributed by atoms with E-state index in [-0.39, 0.29) is 17.9 Å². The highest BCUT2D eigenvalue weighted by Gasteiger charge is 2.48. The normalized spacial score (nSPS) is 24.7. The van der Waals surface area contributed by atoms with E-state index in [0.717, 1.165) is 36.1 Å². The molecule has 1 aromatic carbocycles. The molecule has 0 spiro atoms. The molecule has 1 aliphatic heterocycles. The Morgan fingerprint density at radius 2 is 1.85 bits per heavy atom. The summed E-state index contributed by atoms with van der Waals surface area (Å²) in [5.74, 6) is 0.904. The average molecular weight is 460 g/mol. The highest BCUT2D eigenvalue weighted by molar-refractivity contribution is 6.00. The lowest BCUT2D eigenvalue weighted by Gasteiger charge is -2.45. The maximum atomic E-state index is 14.0. The largest absolute Gasteiger partial charge is 0.463 e. The second-order valence-corrected chi connectivity index (χ2v) is 10.1. The first-order valence-electron chi connectivity index (χ1n) is 12.3. The van der Waals surface area contributed by atoms with Crippen LogP contribution in [0.4, 0.5) is 0 Å². The van der Waals surface area contributed by atoms with Gasteiger partial charge in [0, 0.05) is 12.6 Å². The number of aromatic nitrogens is 1. The van der Waals surface area contributed by atoms with Crippen molar-refractivity contribution in [1.29, 1.82) is 0 Å². The number of carbonyl (C=O) groups is 2. The summed E-state index contributed by atoms with van der Waals surface area (Å²) in [6.07, 6.45) is 6.07. The Morgan fingerprint density at radius 1 is 1.09 bits per heavy atom. The number of benzene rings is 1. The number of amides is 2. The number of rotatable bonds is 5. The summed E-state index contributed by atoms with van der Waals surface area (Å²) in [7, 11) is 0. The minimum atomic E-state index is -1.04. The van der Waals surface area contributed by atoms with Crippen molar-refractivity contribution in [2.45, 2.75) is 71.1 Å². The third-order valence-corrected chi connectivity index (χ3v) is 7.79. The van der Waals surface area contributed by atoms with E-state index < -0.39 is 5.54 Å². The molecule has 0 unspecified atom stereocenters. The van der Waals surface area contributed by atoms with Gasteiger partial charge in [0.2, 0.25) is 5.91 Å². The van der Waals surface area contributed by atoms with Crippen LogP contribution in [-0.2, 0) is 17.9 Å². The van der Waals surface area contributed by atoms with Crippen molar-refractivity contribution < 1.29 is 14.0 Å². The number of nitrogens with zero attached hydrogens (tertiary/aromatic N) is 2. The van der Waals surface area contributed by atoms with Crippen molar-refractivity contribution in [3.63, 3.8) is 0 Å². The monoisotopic (exact) mass is 459 g/mol. The predicted molar refractivity (Wildman–Crippen MR) is 131 cm³/mol. The molecule has 2 aromatic heterocycles. The molecule has 1 aliphatic carbocycles. The van der Waals surface area contributed by atoms with Gasteiger partial charge in [-0.1, -0.05) is 44.0 Å². The molecule has 1 N–H and O–H groups in total. The Balaban J connectivity index is 1.54. The summed E-state index contributed by atoms with van der Waals surface area (Å²) < 4.78 is 7.58. The molecule has 3 atom stereocenters. The van der Waals surface area contributed by atoms with Crippen molar-refractivity contribution in [1.82, 2.24) is 14.8 Å². The second-order valence-electron chi connectivity index (χ2n) is 10.1. The van der Waals surface area contributed by atoms with E-state index in [4.69, 9.17) is 4.42 Å². The molecular formula is C28H33N3O3. The fraction of sp³-hybridized carbons (Fsp3) is 0.429. The number of carbonyl (C=O) groups excluding carboxylic acids is 2. The van der Waals surface area contributed by atoms with E-state index in [1.807, 2.05) is 66.9 Å². The van der Waals surface area contributed by atoms with Crippen LogP contribution in [0.25, 0.3) is 11.5 Å². The van der Waals surface area contributed by atoms with E-state index in [1.165, 1.54) is 6.42 Å². The van der Waals surface area contributed by atoms with Crippen LogP contribution in [0.3, 0.4) is 0 Å². The molecule has 6 heteroatoms. The zero-order valence-electron chi connectivity index (χ0n) is 20.2. The van der Waals surface area contributed by atoms with Crippen LogP contribution in [-0.4, -0.2) is 32.9 Å². The second kappa shape index (κ2) is 8.82. The third-order valence-electron chi connectivity index (χ3n) is 7.79. The van der Waals surface area contributed by atoms with Gasteiger partial charge in [-0.2, -0.15) is 0 Å².